The fraction of sp³-hybridized carbons (Fsp3) is 0.462. The summed E-state index contributed by atoms with van der Waals surface area (Å²) in [5.74, 6) is -0.195. The highest BCUT2D eigenvalue weighted by Crippen LogP contribution is 2.32. The molecule has 0 saturated heterocycles. The van der Waals surface area contributed by atoms with Gasteiger partial charge in [0.05, 0.1) is 5.56 Å². The molecule has 19 heavy (non-hydrogen) atoms. The molecule has 0 heterocycles. The molecule has 0 saturated carbocycles. The van der Waals surface area contributed by atoms with Crippen LogP contribution in [-0.4, -0.2) is 12.5 Å². The number of carbonyl (C=O) groups excluding carboxylic acids is 1. The van der Waals surface area contributed by atoms with Crippen LogP contribution in [-0.2, 0) is 16.5 Å². The molecular weight excluding hydrogens is 257 g/mol. The van der Waals surface area contributed by atoms with Crippen LogP contribution in [0.2, 0.25) is 0 Å². The minimum atomic E-state index is -4.39. The van der Waals surface area contributed by atoms with Gasteiger partial charge in [-0.15, -0.1) is 0 Å². The molecular formula is C13H17F3N2O. The lowest BCUT2D eigenvalue weighted by Crippen LogP contribution is -2.37. The molecule has 0 spiro atoms. The van der Waals surface area contributed by atoms with Crippen molar-refractivity contribution < 1.29 is 18.0 Å². The predicted octanol–water partition coefficient (Wildman–Crippen LogP) is 2.41. The third-order valence-electron chi connectivity index (χ3n) is 2.87. The number of rotatable bonds is 4. The molecule has 0 aliphatic carbocycles. The van der Waals surface area contributed by atoms with Crippen LogP contribution in [0.4, 0.5) is 13.2 Å². The highest BCUT2D eigenvalue weighted by atomic mass is 19.4. The van der Waals surface area contributed by atoms with E-state index in [1.54, 1.807) is 13.0 Å². The monoisotopic (exact) mass is 274 g/mol. The van der Waals surface area contributed by atoms with Gasteiger partial charge in [-0.25, -0.2) is 0 Å². The molecule has 0 fully saturated rings. The van der Waals surface area contributed by atoms with Crippen molar-refractivity contribution in [1.29, 1.82) is 0 Å². The molecule has 3 N–H and O–H groups in total. The van der Waals surface area contributed by atoms with Crippen LogP contribution in [0.15, 0.2) is 24.3 Å². The van der Waals surface area contributed by atoms with Crippen molar-refractivity contribution in [3.05, 3.63) is 35.4 Å². The molecule has 0 aliphatic heterocycles. The number of alkyl halides is 3. The summed E-state index contributed by atoms with van der Waals surface area (Å²) >= 11 is 0. The van der Waals surface area contributed by atoms with Crippen molar-refractivity contribution in [1.82, 2.24) is 5.32 Å². The summed E-state index contributed by atoms with van der Waals surface area (Å²) in [6.45, 7) is 3.33. The normalized spacial score (nSPS) is 14.8. The Morgan fingerprint density at radius 2 is 1.89 bits per heavy atom. The Bertz CT molecular complexity index is 455. The van der Waals surface area contributed by atoms with Gasteiger partial charge < -0.3 is 11.1 Å². The summed E-state index contributed by atoms with van der Waals surface area (Å²) in [5, 5.41) is 2.58. The van der Waals surface area contributed by atoms with Gasteiger partial charge in [0.25, 0.3) is 0 Å². The molecule has 0 bridgehead atoms. The van der Waals surface area contributed by atoms with Crippen molar-refractivity contribution in [2.75, 3.05) is 6.54 Å². The van der Waals surface area contributed by atoms with E-state index in [-0.39, 0.29) is 5.91 Å². The Balaban J connectivity index is 2.86. The lowest BCUT2D eigenvalue weighted by Gasteiger charge is -2.26. The van der Waals surface area contributed by atoms with Crippen LogP contribution in [0.25, 0.3) is 0 Å². The van der Waals surface area contributed by atoms with Gasteiger partial charge in [-0.3, -0.25) is 4.79 Å². The number of amides is 1. The number of nitrogens with two attached hydrogens (primary N) is 1. The Hall–Kier alpha value is -1.56. The average molecular weight is 274 g/mol. The van der Waals surface area contributed by atoms with Gasteiger partial charge in [0.15, 0.2) is 0 Å². The minimum absolute atomic E-state index is 0.195. The summed E-state index contributed by atoms with van der Waals surface area (Å²) in [5.41, 5.74) is 4.77. The Kier molecular flexibility index (Phi) is 4.57. The topological polar surface area (TPSA) is 55.1 Å². The fourth-order valence-electron chi connectivity index (χ4n) is 1.69. The minimum Gasteiger partial charge on any atom is -0.356 e. The SMILES string of the molecule is CC(=O)NCCC(C)(N)c1cccc(C(F)(F)F)c1. The van der Waals surface area contributed by atoms with Gasteiger partial charge in [-0.2, -0.15) is 13.2 Å². The smallest absolute Gasteiger partial charge is 0.356 e. The second-order valence-electron chi connectivity index (χ2n) is 4.73. The van der Waals surface area contributed by atoms with E-state index in [1.807, 2.05) is 0 Å². The third-order valence-corrected chi connectivity index (χ3v) is 2.87. The van der Waals surface area contributed by atoms with E-state index >= 15 is 0 Å². The maximum atomic E-state index is 12.6. The third kappa shape index (κ3) is 4.55. The molecule has 3 nitrogen and oxygen atoms in total. The van der Waals surface area contributed by atoms with Gasteiger partial charge >= 0.3 is 6.18 Å². The van der Waals surface area contributed by atoms with Crippen LogP contribution >= 0.6 is 0 Å². The Morgan fingerprint density at radius 1 is 1.32 bits per heavy atom. The average Bonchev–Trinajstić information content (AvgIpc) is 2.27. The highest BCUT2D eigenvalue weighted by molar-refractivity contribution is 5.72. The van der Waals surface area contributed by atoms with E-state index in [0.717, 1.165) is 12.1 Å². The first-order valence-electron chi connectivity index (χ1n) is 5.84. The van der Waals surface area contributed by atoms with E-state index < -0.39 is 17.3 Å². The molecule has 0 radical (unpaired) electrons. The maximum Gasteiger partial charge on any atom is 0.416 e. The number of carbonyl (C=O) groups is 1. The largest absolute Gasteiger partial charge is 0.416 e. The summed E-state index contributed by atoms with van der Waals surface area (Å²) in [6, 6.07) is 4.95. The molecule has 106 valence electrons. The van der Waals surface area contributed by atoms with Crippen LogP contribution in [0.3, 0.4) is 0 Å². The van der Waals surface area contributed by atoms with Crippen molar-refractivity contribution in [3.63, 3.8) is 0 Å². The lowest BCUT2D eigenvalue weighted by atomic mass is 9.88. The summed E-state index contributed by atoms with van der Waals surface area (Å²) in [7, 11) is 0. The number of hydrogen-bond acceptors (Lipinski definition) is 2. The quantitative estimate of drug-likeness (QED) is 0.885. The molecule has 1 amide bonds. The van der Waals surface area contributed by atoms with Crippen molar-refractivity contribution in [2.24, 2.45) is 5.73 Å². The van der Waals surface area contributed by atoms with Crippen LogP contribution in [0.1, 0.15) is 31.4 Å². The Labute approximate surface area is 110 Å². The number of hydrogen-bond donors (Lipinski definition) is 2. The summed E-state index contributed by atoms with van der Waals surface area (Å²) < 4.78 is 37.8. The van der Waals surface area contributed by atoms with Crippen molar-refractivity contribution in [3.8, 4) is 0 Å². The van der Waals surface area contributed by atoms with Crippen LogP contribution in [0.5, 0.6) is 0 Å². The first kappa shape index (κ1) is 15.5. The highest BCUT2D eigenvalue weighted by Gasteiger charge is 2.32. The van der Waals surface area contributed by atoms with E-state index in [1.165, 1.54) is 13.0 Å². The molecule has 1 aromatic rings. The summed E-state index contributed by atoms with van der Waals surface area (Å²) in [6.07, 6.45) is -4.03. The maximum absolute atomic E-state index is 12.6. The van der Waals surface area contributed by atoms with Crippen molar-refractivity contribution in [2.45, 2.75) is 32.0 Å². The van der Waals surface area contributed by atoms with E-state index in [2.05, 4.69) is 5.32 Å². The zero-order chi connectivity index (χ0) is 14.7. The van der Waals surface area contributed by atoms with E-state index in [9.17, 15) is 18.0 Å². The molecule has 0 aromatic heterocycles. The molecule has 1 unspecified atom stereocenters. The van der Waals surface area contributed by atoms with Crippen LogP contribution in [0, 0.1) is 0 Å². The van der Waals surface area contributed by atoms with Crippen LogP contribution < -0.4 is 11.1 Å². The molecule has 1 rings (SSSR count). The number of halogens is 3. The molecule has 1 atom stereocenters. The fourth-order valence-corrected chi connectivity index (χ4v) is 1.69. The molecule has 6 heteroatoms. The van der Waals surface area contributed by atoms with Gasteiger partial charge in [0.2, 0.25) is 5.91 Å². The molecule has 0 aliphatic rings. The second kappa shape index (κ2) is 5.61. The zero-order valence-electron chi connectivity index (χ0n) is 10.8. The van der Waals surface area contributed by atoms with E-state index in [4.69, 9.17) is 5.73 Å². The van der Waals surface area contributed by atoms with Gasteiger partial charge in [-0.1, -0.05) is 12.1 Å². The van der Waals surface area contributed by atoms with Gasteiger partial charge in [-0.05, 0) is 31.0 Å². The van der Waals surface area contributed by atoms with Gasteiger partial charge in [0.1, 0.15) is 0 Å². The lowest BCUT2D eigenvalue weighted by molar-refractivity contribution is -0.137. The summed E-state index contributed by atoms with van der Waals surface area (Å²) in [4.78, 5) is 10.8. The van der Waals surface area contributed by atoms with E-state index in [0.29, 0.717) is 18.5 Å². The first-order chi connectivity index (χ1) is 8.63. The Morgan fingerprint density at radius 3 is 2.42 bits per heavy atom. The second-order valence-corrected chi connectivity index (χ2v) is 4.73. The standard InChI is InChI=1S/C13H17F3N2O/c1-9(19)18-7-6-12(2,17)10-4-3-5-11(8-10)13(14,15)16/h3-5,8H,6-7,17H2,1-2H3,(H,18,19). The zero-order valence-corrected chi connectivity index (χ0v) is 10.8. The van der Waals surface area contributed by atoms with Gasteiger partial charge in [0, 0.05) is 19.0 Å². The predicted molar refractivity (Wildman–Crippen MR) is 66.3 cm³/mol. The van der Waals surface area contributed by atoms with Crippen molar-refractivity contribution >= 4 is 5.91 Å². The number of nitrogens with one attached hydrogen (secondary N) is 1. The molecule has 1 aromatic carbocycles. The first-order valence-corrected chi connectivity index (χ1v) is 5.84. The number of benzene rings is 1.